The molecule has 0 aliphatic carbocycles. The lowest BCUT2D eigenvalue weighted by atomic mass is 9.98. The Morgan fingerprint density at radius 3 is 2.28 bits per heavy atom. The molecule has 4 unspecified atom stereocenters. The third-order valence-electron chi connectivity index (χ3n) is 4.28. The Kier molecular flexibility index (Phi) is 5.64. The molecule has 1 rings (SSSR count). The van der Waals surface area contributed by atoms with Crippen LogP contribution in [0.25, 0.3) is 0 Å². The second-order valence-corrected chi connectivity index (χ2v) is 6.14. The monoisotopic (exact) mass is 254 g/mol. The number of nitrogens with one attached hydrogen (secondary N) is 1. The summed E-state index contributed by atoms with van der Waals surface area (Å²) >= 11 is 0. The van der Waals surface area contributed by atoms with Crippen LogP contribution >= 0.6 is 0 Å². The number of amides is 1. The minimum Gasteiger partial charge on any atom is -0.323 e. The van der Waals surface area contributed by atoms with Gasteiger partial charge >= 0.3 is 0 Å². The van der Waals surface area contributed by atoms with Crippen molar-refractivity contribution in [2.45, 2.75) is 79.1 Å². The van der Waals surface area contributed by atoms with Crippen molar-refractivity contribution in [1.29, 1.82) is 0 Å². The van der Waals surface area contributed by atoms with E-state index >= 15 is 0 Å². The molecule has 3 heteroatoms. The maximum Gasteiger partial charge on any atom is 0.241 e. The molecule has 1 heterocycles. The minimum absolute atomic E-state index is 0.0291. The van der Waals surface area contributed by atoms with Crippen LogP contribution in [0, 0.1) is 11.8 Å². The van der Waals surface area contributed by atoms with E-state index in [1.54, 1.807) is 0 Å². The lowest BCUT2D eigenvalue weighted by Gasteiger charge is -2.33. The van der Waals surface area contributed by atoms with Gasteiger partial charge in [0, 0.05) is 6.04 Å². The number of carbonyl (C=O) groups excluding carboxylic acids is 1. The van der Waals surface area contributed by atoms with Crippen molar-refractivity contribution in [3.8, 4) is 0 Å². The summed E-state index contributed by atoms with van der Waals surface area (Å²) in [5.41, 5.74) is 0. The fourth-order valence-electron chi connectivity index (χ4n) is 2.77. The van der Waals surface area contributed by atoms with Crippen LogP contribution in [0.15, 0.2) is 0 Å². The van der Waals surface area contributed by atoms with E-state index in [0.717, 1.165) is 19.3 Å². The molecule has 1 fully saturated rings. The third kappa shape index (κ3) is 3.25. The molecule has 1 N–H and O–H groups in total. The molecule has 0 saturated carbocycles. The Balaban J connectivity index is 2.79. The smallest absolute Gasteiger partial charge is 0.241 e. The maximum atomic E-state index is 12.5. The first-order valence-electron chi connectivity index (χ1n) is 7.50. The normalized spacial score (nSPS) is 27.9. The van der Waals surface area contributed by atoms with Crippen molar-refractivity contribution in [2.24, 2.45) is 11.8 Å². The molecule has 106 valence electrons. The van der Waals surface area contributed by atoms with Gasteiger partial charge in [0.1, 0.15) is 0 Å². The summed E-state index contributed by atoms with van der Waals surface area (Å²) in [5, 5.41) is 3.51. The molecule has 0 aromatic rings. The van der Waals surface area contributed by atoms with E-state index in [0.29, 0.717) is 23.8 Å². The van der Waals surface area contributed by atoms with Gasteiger partial charge in [-0.2, -0.15) is 0 Å². The van der Waals surface area contributed by atoms with Crippen molar-refractivity contribution in [3.05, 3.63) is 0 Å². The van der Waals surface area contributed by atoms with E-state index in [1.165, 1.54) is 0 Å². The lowest BCUT2D eigenvalue weighted by Crippen LogP contribution is -2.45. The summed E-state index contributed by atoms with van der Waals surface area (Å²) in [7, 11) is 0. The largest absolute Gasteiger partial charge is 0.323 e. The Morgan fingerprint density at radius 2 is 1.83 bits per heavy atom. The van der Waals surface area contributed by atoms with E-state index < -0.39 is 0 Å². The summed E-state index contributed by atoms with van der Waals surface area (Å²) < 4.78 is 0. The van der Waals surface area contributed by atoms with Crippen LogP contribution < -0.4 is 5.32 Å². The lowest BCUT2D eigenvalue weighted by molar-refractivity contribution is -0.133. The van der Waals surface area contributed by atoms with Gasteiger partial charge in [0.15, 0.2) is 0 Å². The summed E-state index contributed by atoms with van der Waals surface area (Å²) in [4.78, 5) is 14.6. The van der Waals surface area contributed by atoms with Gasteiger partial charge in [-0.15, -0.1) is 0 Å². The van der Waals surface area contributed by atoms with E-state index in [-0.39, 0.29) is 12.2 Å². The zero-order valence-electron chi connectivity index (χ0n) is 12.9. The summed E-state index contributed by atoms with van der Waals surface area (Å²) in [5.74, 6) is 1.42. The number of carbonyl (C=O) groups is 1. The molecule has 0 bridgehead atoms. The van der Waals surface area contributed by atoms with Crippen LogP contribution in [0.4, 0.5) is 0 Å². The van der Waals surface area contributed by atoms with E-state index in [4.69, 9.17) is 0 Å². The second-order valence-electron chi connectivity index (χ2n) is 6.14. The Bertz CT molecular complexity index is 278. The van der Waals surface area contributed by atoms with Crippen molar-refractivity contribution < 1.29 is 4.79 Å². The summed E-state index contributed by atoms with van der Waals surface area (Å²) in [6.45, 7) is 13.1. The van der Waals surface area contributed by atoms with Gasteiger partial charge in [-0.25, -0.2) is 0 Å². The van der Waals surface area contributed by atoms with Crippen molar-refractivity contribution in [1.82, 2.24) is 10.2 Å². The van der Waals surface area contributed by atoms with Crippen LogP contribution in [0.1, 0.15) is 60.8 Å². The molecule has 3 nitrogen and oxygen atoms in total. The van der Waals surface area contributed by atoms with Gasteiger partial charge in [0.2, 0.25) is 5.91 Å². The first-order chi connectivity index (χ1) is 8.42. The molecule has 1 amide bonds. The number of hydrogen-bond acceptors (Lipinski definition) is 2. The SMILES string of the molecule is CCC(C)C(C)N1C(=O)C(CC(C)C)NC1CC. The molecule has 0 spiro atoms. The van der Waals surface area contributed by atoms with Gasteiger partial charge in [0.25, 0.3) is 0 Å². The van der Waals surface area contributed by atoms with Crippen LogP contribution in [0.2, 0.25) is 0 Å². The molecule has 1 aliphatic heterocycles. The van der Waals surface area contributed by atoms with E-state index in [1.807, 2.05) is 0 Å². The fourth-order valence-corrected chi connectivity index (χ4v) is 2.77. The molecular formula is C15H30N2O. The highest BCUT2D eigenvalue weighted by molar-refractivity contribution is 5.84. The second kappa shape index (κ2) is 6.55. The molecule has 0 radical (unpaired) electrons. The average Bonchev–Trinajstić information content (AvgIpc) is 2.63. The van der Waals surface area contributed by atoms with Gasteiger partial charge in [0.05, 0.1) is 12.2 Å². The van der Waals surface area contributed by atoms with Gasteiger partial charge < -0.3 is 4.90 Å². The predicted molar refractivity (Wildman–Crippen MR) is 76.2 cm³/mol. The van der Waals surface area contributed by atoms with Gasteiger partial charge in [-0.3, -0.25) is 10.1 Å². The van der Waals surface area contributed by atoms with Crippen molar-refractivity contribution >= 4 is 5.91 Å². The zero-order valence-corrected chi connectivity index (χ0v) is 12.9. The first kappa shape index (κ1) is 15.5. The van der Waals surface area contributed by atoms with Crippen LogP contribution in [0.3, 0.4) is 0 Å². The highest BCUT2D eigenvalue weighted by Gasteiger charge is 2.41. The molecule has 1 aliphatic rings. The van der Waals surface area contributed by atoms with Crippen molar-refractivity contribution in [2.75, 3.05) is 0 Å². The first-order valence-corrected chi connectivity index (χ1v) is 7.50. The summed E-state index contributed by atoms with van der Waals surface area (Å²) in [6, 6.07) is 0.360. The van der Waals surface area contributed by atoms with Crippen LogP contribution in [-0.2, 0) is 4.79 Å². The van der Waals surface area contributed by atoms with E-state index in [2.05, 4.69) is 51.8 Å². The molecule has 18 heavy (non-hydrogen) atoms. The zero-order chi connectivity index (χ0) is 13.9. The predicted octanol–water partition coefficient (Wildman–Crippen LogP) is 3.00. The summed E-state index contributed by atoms with van der Waals surface area (Å²) in [6.07, 6.45) is 3.28. The quantitative estimate of drug-likeness (QED) is 0.790. The van der Waals surface area contributed by atoms with E-state index in [9.17, 15) is 4.79 Å². The highest BCUT2D eigenvalue weighted by atomic mass is 16.2. The molecular weight excluding hydrogens is 224 g/mol. The fraction of sp³-hybridized carbons (Fsp3) is 0.933. The van der Waals surface area contributed by atoms with Gasteiger partial charge in [-0.1, -0.05) is 41.0 Å². The number of nitrogens with zero attached hydrogens (tertiary/aromatic N) is 1. The minimum atomic E-state index is 0.0291. The molecule has 0 aromatic heterocycles. The van der Waals surface area contributed by atoms with Crippen LogP contribution in [-0.4, -0.2) is 29.1 Å². The number of hydrogen-bond donors (Lipinski definition) is 1. The van der Waals surface area contributed by atoms with Crippen LogP contribution in [0.5, 0.6) is 0 Å². The molecule has 1 saturated heterocycles. The molecule has 0 aromatic carbocycles. The third-order valence-corrected chi connectivity index (χ3v) is 4.28. The Hall–Kier alpha value is -0.570. The number of rotatable bonds is 6. The molecule has 4 atom stereocenters. The maximum absolute atomic E-state index is 12.5. The highest BCUT2D eigenvalue weighted by Crippen LogP contribution is 2.25. The standard InChI is InChI=1S/C15H30N2O/c1-7-11(5)12(6)17-14(8-2)16-13(15(17)18)9-10(3)4/h10-14,16H,7-9H2,1-6H3. The van der Waals surface area contributed by atoms with Crippen molar-refractivity contribution in [3.63, 3.8) is 0 Å². The Morgan fingerprint density at radius 1 is 1.22 bits per heavy atom. The van der Waals surface area contributed by atoms with Gasteiger partial charge in [-0.05, 0) is 31.6 Å². The Labute approximate surface area is 112 Å². The average molecular weight is 254 g/mol. The topological polar surface area (TPSA) is 32.3 Å².